The summed E-state index contributed by atoms with van der Waals surface area (Å²) in [6, 6.07) is 17.0. The van der Waals surface area contributed by atoms with Gasteiger partial charge in [0.2, 0.25) is 5.88 Å². The van der Waals surface area contributed by atoms with Crippen molar-refractivity contribution in [3.05, 3.63) is 73.2 Å². The number of rotatable bonds is 4. The van der Waals surface area contributed by atoms with Gasteiger partial charge in [0.05, 0.1) is 0 Å². The Hall–Kier alpha value is -3.54. The number of nitrogens with one attached hydrogen (secondary N) is 1. The van der Waals surface area contributed by atoms with E-state index in [0.29, 0.717) is 17.5 Å². The van der Waals surface area contributed by atoms with Crippen molar-refractivity contribution in [3.63, 3.8) is 0 Å². The molecule has 3 aromatic heterocycles. The van der Waals surface area contributed by atoms with Crippen LogP contribution in [0.15, 0.2) is 73.2 Å². The Morgan fingerprint density at radius 2 is 1.54 bits per heavy atom. The maximum Gasteiger partial charge on any atom is 0.219 e. The summed E-state index contributed by atoms with van der Waals surface area (Å²) in [5, 5.41) is 8.31. The van der Waals surface area contributed by atoms with E-state index < -0.39 is 0 Å². The van der Waals surface area contributed by atoms with Crippen LogP contribution in [0.3, 0.4) is 0 Å². The minimum Gasteiger partial charge on any atom is -0.439 e. The van der Waals surface area contributed by atoms with E-state index in [1.54, 1.807) is 24.7 Å². The lowest BCUT2D eigenvalue weighted by Gasteiger charge is -2.04. The molecule has 24 heavy (non-hydrogen) atoms. The zero-order valence-electron chi connectivity index (χ0n) is 12.6. The van der Waals surface area contributed by atoms with Gasteiger partial charge in [0.1, 0.15) is 5.75 Å². The van der Waals surface area contributed by atoms with Gasteiger partial charge in [-0.05, 0) is 30.3 Å². The van der Waals surface area contributed by atoms with Crippen LogP contribution in [0.25, 0.3) is 22.8 Å². The summed E-state index contributed by atoms with van der Waals surface area (Å²) < 4.78 is 5.68. The summed E-state index contributed by atoms with van der Waals surface area (Å²) in [7, 11) is 0. The van der Waals surface area contributed by atoms with Crippen molar-refractivity contribution in [1.82, 2.24) is 25.1 Å². The van der Waals surface area contributed by atoms with Crippen LogP contribution in [0.1, 0.15) is 0 Å². The van der Waals surface area contributed by atoms with Gasteiger partial charge < -0.3 is 9.72 Å². The Kier molecular flexibility index (Phi) is 3.69. The van der Waals surface area contributed by atoms with Crippen LogP contribution >= 0.6 is 0 Å². The summed E-state index contributed by atoms with van der Waals surface area (Å²) in [5.74, 6) is 2.59. The number of H-pyrrole nitrogens is 1. The zero-order valence-corrected chi connectivity index (χ0v) is 12.6. The van der Waals surface area contributed by atoms with E-state index in [1.165, 1.54) is 0 Å². The monoisotopic (exact) mass is 315 g/mol. The van der Waals surface area contributed by atoms with Crippen molar-refractivity contribution in [2.24, 2.45) is 0 Å². The fourth-order valence-corrected chi connectivity index (χ4v) is 2.21. The molecule has 0 atom stereocenters. The molecule has 0 bridgehead atoms. The van der Waals surface area contributed by atoms with E-state index in [-0.39, 0.29) is 0 Å². The molecule has 0 aliphatic carbocycles. The van der Waals surface area contributed by atoms with Gasteiger partial charge in [-0.25, -0.2) is 4.98 Å². The number of aromatic nitrogens is 5. The summed E-state index contributed by atoms with van der Waals surface area (Å²) in [5.41, 5.74) is 1.71. The van der Waals surface area contributed by atoms with Crippen LogP contribution in [-0.2, 0) is 0 Å². The molecule has 1 aromatic carbocycles. The fourth-order valence-electron chi connectivity index (χ4n) is 2.21. The van der Waals surface area contributed by atoms with E-state index >= 15 is 0 Å². The smallest absolute Gasteiger partial charge is 0.219 e. The lowest BCUT2D eigenvalue weighted by atomic mass is 10.2. The summed E-state index contributed by atoms with van der Waals surface area (Å²) >= 11 is 0. The molecule has 4 aromatic rings. The second-order valence-corrected chi connectivity index (χ2v) is 5.06. The SMILES string of the molecule is c1ccc(Oc2ccc(-c3nnc(-c4cccnc4)[nH]3)cn2)cc1. The highest BCUT2D eigenvalue weighted by Crippen LogP contribution is 2.22. The molecule has 0 spiro atoms. The largest absolute Gasteiger partial charge is 0.439 e. The quantitative estimate of drug-likeness (QED) is 0.621. The number of ether oxygens (including phenoxy) is 1. The number of benzene rings is 1. The summed E-state index contributed by atoms with van der Waals surface area (Å²) in [6.07, 6.45) is 5.15. The lowest BCUT2D eigenvalue weighted by Crippen LogP contribution is -1.89. The predicted molar refractivity (Wildman–Crippen MR) is 89.4 cm³/mol. The van der Waals surface area contributed by atoms with Crippen LogP contribution in [-0.4, -0.2) is 25.1 Å². The minimum atomic E-state index is 0.525. The second-order valence-electron chi connectivity index (χ2n) is 5.06. The molecular formula is C18H13N5O. The Morgan fingerprint density at radius 1 is 0.750 bits per heavy atom. The Balaban J connectivity index is 1.54. The van der Waals surface area contributed by atoms with Gasteiger partial charge in [-0.2, -0.15) is 0 Å². The highest BCUT2D eigenvalue weighted by molar-refractivity contribution is 5.59. The number of aromatic amines is 1. The van der Waals surface area contributed by atoms with Gasteiger partial charge in [-0.1, -0.05) is 18.2 Å². The highest BCUT2D eigenvalue weighted by Gasteiger charge is 2.08. The predicted octanol–water partition coefficient (Wildman–Crippen LogP) is 3.72. The van der Waals surface area contributed by atoms with Crippen molar-refractivity contribution in [2.75, 3.05) is 0 Å². The third-order valence-corrected chi connectivity index (χ3v) is 3.40. The van der Waals surface area contributed by atoms with Gasteiger partial charge in [0.15, 0.2) is 11.6 Å². The lowest BCUT2D eigenvalue weighted by molar-refractivity contribution is 0.463. The zero-order chi connectivity index (χ0) is 16.2. The maximum atomic E-state index is 5.68. The molecule has 0 fully saturated rings. The Bertz CT molecular complexity index is 921. The first kappa shape index (κ1) is 14.1. The van der Waals surface area contributed by atoms with Gasteiger partial charge in [0, 0.05) is 35.8 Å². The maximum absolute atomic E-state index is 5.68. The first-order chi connectivity index (χ1) is 11.9. The van der Waals surface area contributed by atoms with Gasteiger partial charge in [-0.15, -0.1) is 10.2 Å². The molecule has 0 aliphatic rings. The first-order valence-corrected chi connectivity index (χ1v) is 7.41. The molecule has 0 saturated heterocycles. The van der Waals surface area contributed by atoms with Crippen LogP contribution in [0.5, 0.6) is 11.6 Å². The fraction of sp³-hybridized carbons (Fsp3) is 0. The van der Waals surface area contributed by atoms with Crippen molar-refractivity contribution < 1.29 is 4.74 Å². The van der Waals surface area contributed by atoms with Gasteiger partial charge in [-0.3, -0.25) is 4.98 Å². The number of hydrogen-bond donors (Lipinski definition) is 1. The van der Waals surface area contributed by atoms with E-state index in [1.807, 2.05) is 48.5 Å². The first-order valence-electron chi connectivity index (χ1n) is 7.41. The molecule has 0 radical (unpaired) electrons. The molecular weight excluding hydrogens is 302 g/mol. The van der Waals surface area contributed by atoms with E-state index in [9.17, 15) is 0 Å². The van der Waals surface area contributed by atoms with Crippen molar-refractivity contribution in [2.45, 2.75) is 0 Å². The van der Waals surface area contributed by atoms with E-state index in [4.69, 9.17) is 4.74 Å². The molecule has 6 heteroatoms. The van der Waals surface area contributed by atoms with E-state index in [2.05, 4.69) is 25.1 Å². The molecule has 1 N–H and O–H groups in total. The molecule has 0 unspecified atom stereocenters. The number of pyridine rings is 2. The van der Waals surface area contributed by atoms with Crippen molar-refractivity contribution in [1.29, 1.82) is 0 Å². The molecule has 0 aliphatic heterocycles. The van der Waals surface area contributed by atoms with Crippen LogP contribution in [0, 0.1) is 0 Å². The standard InChI is InChI=1S/C18H13N5O/c1-2-6-15(7-3-1)24-16-9-8-14(12-20-16)18-21-17(22-23-18)13-5-4-10-19-11-13/h1-12H,(H,21,22,23). The number of hydrogen-bond acceptors (Lipinski definition) is 5. The van der Waals surface area contributed by atoms with Gasteiger partial charge in [0.25, 0.3) is 0 Å². The average Bonchev–Trinajstić information content (AvgIpc) is 3.14. The van der Waals surface area contributed by atoms with Gasteiger partial charge >= 0.3 is 0 Å². The Labute approximate surface area is 138 Å². The van der Waals surface area contributed by atoms with Crippen molar-refractivity contribution >= 4 is 0 Å². The van der Waals surface area contributed by atoms with Crippen LogP contribution < -0.4 is 4.74 Å². The van der Waals surface area contributed by atoms with Crippen molar-refractivity contribution in [3.8, 4) is 34.4 Å². The highest BCUT2D eigenvalue weighted by atomic mass is 16.5. The molecule has 4 rings (SSSR count). The van der Waals surface area contributed by atoms with Crippen LogP contribution in [0.2, 0.25) is 0 Å². The molecule has 6 nitrogen and oxygen atoms in total. The molecule has 116 valence electrons. The topological polar surface area (TPSA) is 76.6 Å². The Morgan fingerprint density at radius 3 is 2.21 bits per heavy atom. The normalized spacial score (nSPS) is 10.5. The second kappa shape index (κ2) is 6.29. The average molecular weight is 315 g/mol. The van der Waals surface area contributed by atoms with E-state index in [0.717, 1.165) is 16.9 Å². The minimum absolute atomic E-state index is 0.525. The summed E-state index contributed by atoms with van der Waals surface area (Å²) in [6.45, 7) is 0. The third kappa shape index (κ3) is 2.98. The molecule has 0 saturated carbocycles. The number of para-hydroxylation sites is 1. The molecule has 0 amide bonds. The summed E-state index contributed by atoms with van der Waals surface area (Å²) in [4.78, 5) is 11.6. The number of nitrogens with zero attached hydrogens (tertiary/aromatic N) is 4. The van der Waals surface area contributed by atoms with Crippen LogP contribution in [0.4, 0.5) is 0 Å². The molecule has 3 heterocycles. The third-order valence-electron chi connectivity index (χ3n) is 3.40.